The fraction of sp³-hybridized carbons (Fsp3) is 0.533. The van der Waals surface area contributed by atoms with Gasteiger partial charge in [-0.1, -0.05) is 6.92 Å². The van der Waals surface area contributed by atoms with Crippen molar-refractivity contribution in [1.29, 1.82) is 0 Å². The lowest BCUT2D eigenvalue weighted by atomic mass is 10.1. The lowest BCUT2D eigenvalue weighted by molar-refractivity contribution is -0.114. The molecule has 0 saturated heterocycles. The van der Waals surface area contributed by atoms with Crippen molar-refractivity contribution in [2.45, 2.75) is 39.2 Å². The third kappa shape index (κ3) is 3.63. The van der Waals surface area contributed by atoms with E-state index in [0.717, 1.165) is 23.0 Å². The van der Waals surface area contributed by atoms with Gasteiger partial charge in [-0.05, 0) is 37.3 Å². The molecule has 0 unspecified atom stereocenters. The molecule has 1 amide bonds. The minimum Gasteiger partial charge on any atom is -0.495 e. The third-order valence-corrected chi connectivity index (χ3v) is 3.58. The largest absolute Gasteiger partial charge is 0.495 e. The topological polar surface area (TPSA) is 50.4 Å². The van der Waals surface area contributed by atoms with Crippen LogP contribution in [-0.4, -0.2) is 19.1 Å². The van der Waals surface area contributed by atoms with Gasteiger partial charge < -0.3 is 15.4 Å². The molecule has 1 aliphatic rings. The number of carbonyl (C=O) groups is 1. The number of nitrogens with one attached hydrogen (secondary N) is 2. The summed E-state index contributed by atoms with van der Waals surface area (Å²) in [4.78, 5) is 11.0. The Labute approximate surface area is 114 Å². The van der Waals surface area contributed by atoms with Crippen molar-refractivity contribution >= 4 is 17.3 Å². The number of methoxy groups -OCH3 is 1. The van der Waals surface area contributed by atoms with Gasteiger partial charge in [0.05, 0.1) is 12.8 Å². The standard InChI is InChI=1S/C15H22N2O2/c1-10-4-5-12(8-10)17-14-7-6-13(16-11(2)18)9-15(14)19-3/h6-7,9-10,12,17H,4-5,8H2,1-3H3,(H,16,18)/t10-,12+/m0/s1. The molecule has 4 nitrogen and oxygen atoms in total. The number of rotatable bonds is 4. The van der Waals surface area contributed by atoms with Gasteiger partial charge in [0, 0.05) is 24.7 Å². The normalized spacial score (nSPS) is 22.1. The van der Waals surface area contributed by atoms with Crippen LogP contribution in [-0.2, 0) is 4.79 Å². The van der Waals surface area contributed by atoms with E-state index in [1.165, 1.54) is 26.2 Å². The molecule has 19 heavy (non-hydrogen) atoms. The zero-order valence-corrected chi connectivity index (χ0v) is 11.8. The van der Waals surface area contributed by atoms with E-state index in [2.05, 4.69) is 17.6 Å². The predicted molar refractivity (Wildman–Crippen MR) is 77.7 cm³/mol. The van der Waals surface area contributed by atoms with Crippen LogP contribution in [0, 0.1) is 5.92 Å². The Hall–Kier alpha value is -1.71. The maximum absolute atomic E-state index is 11.0. The van der Waals surface area contributed by atoms with E-state index in [0.29, 0.717) is 6.04 Å². The van der Waals surface area contributed by atoms with Crippen LogP contribution in [0.3, 0.4) is 0 Å². The molecule has 0 bridgehead atoms. The molecule has 2 N–H and O–H groups in total. The summed E-state index contributed by atoms with van der Waals surface area (Å²) in [5.41, 5.74) is 1.75. The first-order valence-corrected chi connectivity index (χ1v) is 6.80. The van der Waals surface area contributed by atoms with Crippen molar-refractivity contribution < 1.29 is 9.53 Å². The van der Waals surface area contributed by atoms with Gasteiger partial charge in [-0.15, -0.1) is 0 Å². The van der Waals surface area contributed by atoms with Crippen LogP contribution in [0.15, 0.2) is 18.2 Å². The van der Waals surface area contributed by atoms with E-state index in [1.54, 1.807) is 7.11 Å². The molecule has 2 atom stereocenters. The maximum Gasteiger partial charge on any atom is 0.221 e. The van der Waals surface area contributed by atoms with E-state index < -0.39 is 0 Å². The van der Waals surface area contributed by atoms with Gasteiger partial charge in [-0.25, -0.2) is 0 Å². The fourth-order valence-corrected chi connectivity index (χ4v) is 2.65. The quantitative estimate of drug-likeness (QED) is 0.875. The van der Waals surface area contributed by atoms with Crippen LogP contribution in [0.5, 0.6) is 5.75 Å². The molecule has 0 spiro atoms. The molecule has 0 aromatic heterocycles. The number of hydrogen-bond donors (Lipinski definition) is 2. The zero-order chi connectivity index (χ0) is 13.8. The van der Waals surface area contributed by atoms with Crippen molar-refractivity contribution in [2.75, 3.05) is 17.7 Å². The van der Waals surface area contributed by atoms with Gasteiger partial charge in [0.2, 0.25) is 5.91 Å². The fourth-order valence-electron chi connectivity index (χ4n) is 2.65. The van der Waals surface area contributed by atoms with Gasteiger partial charge in [-0.3, -0.25) is 4.79 Å². The van der Waals surface area contributed by atoms with Gasteiger partial charge >= 0.3 is 0 Å². The Bertz CT molecular complexity index is 459. The molecule has 1 saturated carbocycles. The van der Waals surface area contributed by atoms with Crippen LogP contribution in [0.25, 0.3) is 0 Å². The summed E-state index contributed by atoms with van der Waals surface area (Å²) < 4.78 is 5.39. The molecular weight excluding hydrogens is 240 g/mol. The summed E-state index contributed by atoms with van der Waals surface area (Å²) >= 11 is 0. The molecule has 0 aliphatic heterocycles. The first kappa shape index (κ1) is 13.7. The average Bonchev–Trinajstić information content (AvgIpc) is 2.76. The molecule has 1 aromatic rings. The van der Waals surface area contributed by atoms with Gasteiger partial charge in [-0.2, -0.15) is 0 Å². The maximum atomic E-state index is 11.0. The molecule has 0 heterocycles. The summed E-state index contributed by atoms with van der Waals surface area (Å²) in [5.74, 6) is 1.49. The Morgan fingerprint density at radius 2 is 2.16 bits per heavy atom. The lowest BCUT2D eigenvalue weighted by Gasteiger charge is -2.17. The van der Waals surface area contributed by atoms with E-state index in [9.17, 15) is 4.79 Å². The highest BCUT2D eigenvalue weighted by molar-refractivity contribution is 5.89. The second kappa shape index (κ2) is 5.95. The van der Waals surface area contributed by atoms with Crippen LogP contribution in [0.2, 0.25) is 0 Å². The summed E-state index contributed by atoms with van der Waals surface area (Å²) in [6.07, 6.45) is 3.69. The Morgan fingerprint density at radius 3 is 2.74 bits per heavy atom. The minimum absolute atomic E-state index is 0.0765. The summed E-state index contributed by atoms with van der Waals surface area (Å²) in [5, 5.41) is 6.29. The third-order valence-electron chi connectivity index (χ3n) is 3.58. The number of ether oxygens (including phenoxy) is 1. The predicted octanol–water partition coefficient (Wildman–Crippen LogP) is 3.25. The van der Waals surface area contributed by atoms with Gasteiger partial charge in [0.15, 0.2) is 0 Å². The highest BCUT2D eigenvalue weighted by Gasteiger charge is 2.21. The molecule has 4 heteroatoms. The molecule has 1 aliphatic carbocycles. The minimum atomic E-state index is -0.0765. The van der Waals surface area contributed by atoms with Gasteiger partial charge in [0.25, 0.3) is 0 Å². The van der Waals surface area contributed by atoms with Gasteiger partial charge in [0.1, 0.15) is 5.75 Å². The second-order valence-electron chi connectivity index (χ2n) is 5.36. The Morgan fingerprint density at radius 1 is 1.37 bits per heavy atom. The highest BCUT2D eigenvalue weighted by atomic mass is 16.5. The van der Waals surface area contributed by atoms with Crippen LogP contribution < -0.4 is 15.4 Å². The van der Waals surface area contributed by atoms with Crippen molar-refractivity contribution in [3.05, 3.63) is 18.2 Å². The summed E-state index contributed by atoms with van der Waals surface area (Å²) in [7, 11) is 1.65. The van der Waals surface area contributed by atoms with Crippen molar-refractivity contribution in [1.82, 2.24) is 0 Å². The van der Waals surface area contributed by atoms with Crippen LogP contribution in [0.1, 0.15) is 33.1 Å². The van der Waals surface area contributed by atoms with Crippen molar-refractivity contribution in [2.24, 2.45) is 5.92 Å². The molecule has 104 valence electrons. The highest BCUT2D eigenvalue weighted by Crippen LogP contribution is 2.33. The smallest absolute Gasteiger partial charge is 0.221 e. The number of hydrogen-bond acceptors (Lipinski definition) is 3. The van der Waals surface area contributed by atoms with Crippen LogP contribution >= 0.6 is 0 Å². The number of anilines is 2. The van der Waals surface area contributed by atoms with Crippen molar-refractivity contribution in [3.8, 4) is 5.75 Å². The van der Waals surface area contributed by atoms with E-state index in [4.69, 9.17) is 4.74 Å². The monoisotopic (exact) mass is 262 g/mol. The molecule has 0 radical (unpaired) electrons. The number of benzene rings is 1. The number of carbonyl (C=O) groups excluding carboxylic acids is 1. The Kier molecular flexibility index (Phi) is 4.30. The Balaban J connectivity index is 2.09. The molecule has 1 aromatic carbocycles. The average molecular weight is 262 g/mol. The van der Waals surface area contributed by atoms with E-state index in [1.807, 2.05) is 18.2 Å². The first-order valence-electron chi connectivity index (χ1n) is 6.80. The summed E-state index contributed by atoms with van der Waals surface area (Å²) in [6, 6.07) is 6.23. The van der Waals surface area contributed by atoms with E-state index >= 15 is 0 Å². The summed E-state index contributed by atoms with van der Waals surface area (Å²) in [6.45, 7) is 3.79. The van der Waals surface area contributed by atoms with Crippen LogP contribution in [0.4, 0.5) is 11.4 Å². The SMILES string of the molecule is COc1cc(NC(C)=O)ccc1N[C@@H]1CC[C@H](C)C1. The van der Waals surface area contributed by atoms with Crippen molar-refractivity contribution in [3.63, 3.8) is 0 Å². The molecule has 1 fully saturated rings. The molecule has 2 rings (SSSR count). The van der Waals surface area contributed by atoms with E-state index in [-0.39, 0.29) is 5.91 Å². The number of amides is 1. The lowest BCUT2D eigenvalue weighted by Crippen LogP contribution is -2.16. The second-order valence-corrected chi connectivity index (χ2v) is 5.36. The molecular formula is C15H22N2O2. The first-order chi connectivity index (χ1) is 9.08. The zero-order valence-electron chi connectivity index (χ0n) is 11.8.